The monoisotopic (exact) mass is 613 g/mol. The van der Waals surface area contributed by atoms with Crippen LogP contribution in [0.3, 0.4) is 0 Å². The molecule has 2 unspecified atom stereocenters. The summed E-state index contributed by atoms with van der Waals surface area (Å²) < 4.78 is 1.64. The van der Waals surface area contributed by atoms with Gasteiger partial charge >= 0.3 is 0 Å². The van der Waals surface area contributed by atoms with E-state index in [9.17, 15) is 14.4 Å². The highest BCUT2D eigenvalue weighted by Crippen LogP contribution is 2.38. The zero-order valence-corrected chi connectivity index (χ0v) is 23.6. The van der Waals surface area contributed by atoms with Gasteiger partial charge in [0.15, 0.2) is 5.96 Å². The summed E-state index contributed by atoms with van der Waals surface area (Å²) in [6.45, 7) is 7.37. The van der Waals surface area contributed by atoms with Crippen molar-refractivity contribution in [3.05, 3.63) is 0 Å². The lowest BCUT2D eigenvalue weighted by molar-refractivity contribution is -0.191. The number of halogens is 1. The third-order valence-electron chi connectivity index (χ3n) is 5.69. The van der Waals surface area contributed by atoms with Gasteiger partial charge in [0.05, 0.1) is 40.8 Å². The molecule has 13 heteroatoms. The summed E-state index contributed by atoms with van der Waals surface area (Å²) >= 11 is 3.42. The largest absolute Gasteiger partial charge is 0.370 e. The molecule has 1 fully saturated rings. The molecule has 0 radical (unpaired) electrons. The summed E-state index contributed by atoms with van der Waals surface area (Å²) in [6, 6.07) is -0.621. The fourth-order valence-corrected chi connectivity index (χ4v) is 5.72. The zero-order chi connectivity index (χ0) is 25.7. The predicted molar refractivity (Wildman–Crippen MR) is 144 cm³/mol. The lowest BCUT2D eigenvalue weighted by Gasteiger charge is -2.43. The van der Waals surface area contributed by atoms with Crippen LogP contribution in [0.4, 0.5) is 0 Å². The Morgan fingerprint density at radius 2 is 2.00 bits per heavy atom. The van der Waals surface area contributed by atoms with Crippen LogP contribution < -0.4 is 22.1 Å². The summed E-state index contributed by atoms with van der Waals surface area (Å²) in [5.74, 6) is 0.223. The number of nitrogens with zero attached hydrogens (tertiary/aromatic N) is 3. The molecule has 0 aliphatic carbocycles. The first kappa shape index (κ1) is 30.9. The molecule has 1 aliphatic rings. The lowest BCUT2D eigenvalue weighted by Crippen LogP contribution is -2.59. The fourth-order valence-electron chi connectivity index (χ4n) is 3.61. The van der Waals surface area contributed by atoms with Gasteiger partial charge in [0.1, 0.15) is 5.66 Å². The Kier molecular flexibility index (Phi) is 14.3. The number of guanidine groups is 1. The molecule has 0 aromatic heterocycles. The van der Waals surface area contributed by atoms with E-state index in [4.69, 9.17) is 16.3 Å². The third kappa shape index (κ3) is 8.50. The molecule has 11 nitrogen and oxygen atoms in total. The molecular weight excluding hydrogens is 573 g/mol. The number of thioether (sulfide) groups is 1. The number of amides is 3. The van der Waals surface area contributed by atoms with Crippen molar-refractivity contribution in [2.45, 2.75) is 76.3 Å². The fraction of sp³-hybridized carbons (Fsp3) is 0.810. The van der Waals surface area contributed by atoms with Crippen LogP contribution in [-0.2, 0) is 19.2 Å². The summed E-state index contributed by atoms with van der Waals surface area (Å²) in [6.07, 6.45) is 3.29. The number of imide groups is 1. The average Bonchev–Trinajstić information content (AvgIpc) is 3.12. The van der Waals surface area contributed by atoms with E-state index in [0.717, 1.165) is 6.42 Å². The number of carbonyl (C=O) groups excluding carboxylic acids is 3. The molecule has 6 N–H and O–H groups in total. The highest BCUT2D eigenvalue weighted by Gasteiger charge is 2.52. The lowest BCUT2D eigenvalue weighted by atomic mass is 10.0. The molecule has 0 saturated carbocycles. The first-order valence-electron chi connectivity index (χ1n) is 11.7. The molecular formula is C21H40IN7O4S. The van der Waals surface area contributed by atoms with Crippen molar-refractivity contribution in [1.29, 1.82) is 0 Å². The normalized spacial score (nSPS) is 18.0. The Hall–Kier alpha value is -1.16. The summed E-state index contributed by atoms with van der Waals surface area (Å²) in [5, 5.41) is 5.26. The van der Waals surface area contributed by atoms with Crippen molar-refractivity contribution in [3.8, 4) is 0 Å². The summed E-state index contributed by atoms with van der Waals surface area (Å²) in [7, 11) is 1.59. The zero-order valence-electron chi connectivity index (χ0n) is 20.6. The highest BCUT2D eigenvalue weighted by atomic mass is 127. The summed E-state index contributed by atoms with van der Waals surface area (Å²) in [5.41, 5.74) is 10.7. The van der Waals surface area contributed by atoms with Crippen LogP contribution in [0.25, 0.3) is 0 Å². The van der Waals surface area contributed by atoms with Crippen LogP contribution >= 0.6 is 34.6 Å². The van der Waals surface area contributed by atoms with Crippen LogP contribution in [-0.4, -0.2) is 81.3 Å². The van der Waals surface area contributed by atoms with Crippen molar-refractivity contribution in [2.75, 3.05) is 32.5 Å². The molecule has 1 saturated heterocycles. The molecule has 196 valence electrons. The van der Waals surface area contributed by atoms with E-state index in [2.05, 4.69) is 15.6 Å². The van der Waals surface area contributed by atoms with Crippen molar-refractivity contribution >= 4 is 58.3 Å². The van der Waals surface area contributed by atoms with Crippen molar-refractivity contribution in [1.82, 2.24) is 18.8 Å². The predicted octanol–water partition coefficient (Wildman–Crippen LogP) is 1.11. The number of likely N-dealkylation sites (tertiary alicyclic amines) is 1. The smallest absolute Gasteiger partial charge is 0.244 e. The summed E-state index contributed by atoms with van der Waals surface area (Å²) in [4.78, 5) is 49.2. The van der Waals surface area contributed by atoms with Gasteiger partial charge in [-0.2, -0.15) is 0 Å². The minimum Gasteiger partial charge on any atom is -0.370 e. The minimum absolute atomic E-state index is 0.147. The van der Waals surface area contributed by atoms with E-state index >= 15 is 0 Å². The van der Waals surface area contributed by atoms with Gasteiger partial charge in [0.2, 0.25) is 17.7 Å². The van der Waals surface area contributed by atoms with Crippen LogP contribution in [0.2, 0.25) is 0 Å². The third-order valence-corrected chi connectivity index (χ3v) is 8.07. The van der Waals surface area contributed by atoms with E-state index in [1.807, 2.05) is 43.6 Å². The quantitative estimate of drug-likeness (QED) is 0.0381. The maximum Gasteiger partial charge on any atom is 0.244 e. The second-order valence-electron chi connectivity index (χ2n) is 7.97. The first-order chi connectivity index (χ1) is 16.2. The van der Waals surface area contributed by atoms with Crippen molar-refractivity contribution < 1.29 is 19.2 Å². The minimum atomic E-state index is -0.817. The van der Waals surface area contributed by atoms with Crippen LogP contribution in [0.5, 0.6) is 0 Å². The Labute approximate surface area is 221 Å². The van der Waals surface area contributed by atoms with E-state index in [1.54, 1.807) is 10.3 Å². The standard InChI is InChI=1S/C21H40IN7O4S/c1-5-12-33-29(22)21(6-2,7-3)28-17(30)14-16(19(28)32)34-13-11-26-18(31)15(23)9-8-10-27-20(24)25-4/h15-16H,5-14,23H2,1-4H3,(H,26,31)(H3,24,25,27). The maximum atomic E-state index is 13.2. The van der Waals surface area contributed by atoms with Crippen LogP contribution in [0, 0.1) is 0 Å². The Morgan fingerprint density at radius 3 is 2.59 bits per heavy atom. The number of nitrogens with one attached hydrogen (secondary N) is 2. The van der Waals surface area contributed by atoms with E-state index in [-0.39, 0.29) is 24.1 Å². The molecule has 0 aromatic rings. The second kappa shape index (κ2) is 15.8. The molecule has 1 rings (SSSR count). The Bertz CT molecular complexity index is 709. The molecule has 1 aliphatic heterocycles. The average molecular weight is 614 g/mol. The molecule has 34 heavy (non-hydrogen) atoms. The molecule has 1 heterocycles. The van der Waals surface area contributed by atoms with Crippen molar-refractivity contribution in [3.63, 3.8) is 0 Å². The van der Waals surface area contributed by atoms with Gasteiger partial charge in [-0.05, 0) is 32.1 Å². The highest BCUT2D eigenvalue weighted by molar-refractivity contribution is 14.1. The molecule has 3 amide bonds. The number of nitrogens with two attached hydrogens (primary N) is 2. The SMILES string of the molecule is CCCON(I)C(CC)(CC)N1C(=O)CC(SCCNC(=O)C(N)CCCNC(N)=NC)C1=O. The molecule has 0 bridgehead atoms. The first-order valence-corrected chi connectivity index (χ1v) is 13.8. The van der Waals surface area contributed by atoms with Gasteiger partial charge in [-0.25, -0.2) is 0 Å². The van der Waals surface area contributed by atoms with Gasteiger partial charge in [0.25, 0.3) is 0 Å². The Morgan fingerprint density at radius 1 is 1.32 bits per heavy atom. The number of rotatable bonds is 16. The molecule has 2 atom stereocenters. The van der Waals surface area contributed by atoms with Crippen LogP contribution in [0.1, 0.15) is 59.3 Å². The molecule has 0 aromatic carbocycles. The topological polar surface area (TPSA) is 155 Å². The van der Waals surface area contributed by atoms with Gasteiger partial charge in [-0.15, -0.1) is 15.0 Å². The van der Waals surface area contributed by atoms with Gasteiger partial charge in [-0.1, -0.05) is 20.8 Å². The van der Waals surface area contributed by atoms with Gasteiger partial charge in [-0.3, -0.25) is 29.1 Å². The number of carbonyl (C=O) groups is 3. The maximum absolute atomic E-state index is 13.2. The number of hydrogen-bond acceptors (Lipinski definition) is 8. The van der Waals surface area contributed by atoms with Crippen LogP contribution in [0.15, 0.2) is 4.99 Å². The second-order valence-corrected chi connectivity index (χ2v) is 10.2. The Balaban J connectivity index is 2.53. The number of hydroxylamine groups is 1. The van der Waals surface area contributed by atoms with Gasteiger partial charge < -0.3 is 22.1 Å². The number of hydrogen-bond donors (Lipinski definition) is 4. The van der Waals surface area contributed by atoms with E-state index in [0.29, 0.717) is 57.1 Å². The van der Waals surface area contributed by atoms with Crippen molar-refractivity contribution in [2.24, 2.45) is 16.5 Å². The van der Waals surface area contributed by atoms with Gasteiger partial charge in [0, 0.05) is 32.3 Å². The molecule has 0 spiro atoms. The number of aliphatic imine (C=N–C) groups is 1. The van der Waals surface area contributed by atoms with E-state index in [1.165, 1.54) is 16.7 Å². The van der Waals surface area contributed by atoms with E-state index < -0.39 is 17.0 Å².